The molecule has 1 atom stereocenters. The van der Waals surface area contributed by atoms with Crippen molar-refractivity contribution in [1.29, 1.82) is 0 Å². The van der Waals surface area contributed by atoms with Gasteiger partial charge >= 0.3 is 6.03 Å². The van der Waals surface area contributed by atoms with Crippen molar-refractivity contribution >= 4 is 6.03 Å². The quantitative estimate of drug-likeness (QED) is 0.768. The van der Waals surface area contributed by atoms with Crippen LogP contribution in [0.5, 0.6) is 5.75 Å². The van der Waals surface area contributed by atoms with Gasteiger partial charge in [0.25, 0.3) is 0 Å². The number of carbonyl (C=O) groups excluding carboxylic acids is 1. The molecule has 0 bridgehead atoms. The summed E-state index contributed by atoms with van der Waals surface area (Å²) in [6.07, 6.45) is -0.485. The van der Waals surface area contributed by atoms with E-state index < -0.39 is 6.10 Å². The molecule has 2 rings (SSSR count). The van der Waals surface area contributed by atoms with Crippen molar-refractivity contribution < 1.29 is 14.6 Å². The van der Waals surface area contributed by atoms with Crippen molar-refractivity contribution in [3.63, 3.8) is 0 Å². The lowest BCUT2D eigenvalue weighted by atomic mass is 10.1. The Labute approximate surface area is 136 Å². The maximum Gasteiger partial charge on any atom is 0.315 e. The summed E-state index contributed by atoms with van der Waals surface area (Å²) in [5.74, 6) is 0.751. The van der Waals surface area contributed by atoms with Crippen LogP contribution in [0.1, 0.15) is 29.7 Å². The van der Waals surface area contributed by atoms with Gasteiger partial charge in [-0.15, -0.1) is 0 Å². The number of nitrogens with one attached hydrogen (secondary N) is 2. The summed E-state index contributed by atoms with van der Waals surface area (Å²) in [5.41, 5.74) is 2.75. The molecule has 23 heavy (non-hydrogen) atoms. The van der Waals surface area contributed by atoms with Gasteiger partial charge in [0.15, 0.2) is 0 Å². The molecule has 0 spiro atoms. The van der Waals surface area contributed by atoms with Gasteiger partial charge in [-0.05, 0) is 24.1 Å². The zero-order valence-corrected chi connectivity index (χ0v) is 13.4. The van der Waals surface area contributed by atoms with E-state index in [4.69, 9.17) is 4.74 Å². The summed E-state index contributed by atoms with van der Waals surface area (Å²) in [4.78, 5) is 11.9. The van der Waals surface area contributed by atoms with Crippen molar-refractivity contribution in [3.8, 4) is 5.75 Å². The summed E-state index contributed by atoms with van der Waals surface area (Å²) < 4.78 is 5.25. The van der Waals surface area contributed by atoms with Crippen molar-refractivity contribution in [1.82, 2.24) is 10.6 Å². The fourth-order valence-electron chi connectivity index (χ4n) is 2.18. The molecule has 5 nitrogen and oxygen atoms in total. The number of urea groups is 1. The molecular formula is C18H22N2O3. The second kappa shape index (κ2) is 8.19. The second-order valence-corrected chi connectivity index (χ2v) is 5.27. The van der Waals surface area contributed by atoms with Crippen molar-refractivity contribution in [2.75, 3.05) is 7.11 Å². The van der Waals surface area contributed by atoms with E-state index in [2.05, 4.69) is 10.6 Å². The zero-order valence-electron chi connectivity index (χ0n) is 13.4. The minimum absolute atomic E-state index is 0.240. The van der Waals surface area contributed by atoms with Gasteiger partial charge in [0.05, 0.1) is 13.2 Å². The topological polar surface area (TPSA) is 70.6 Å². The lowest BCUT2D eigenvalue weighted by Crippen LogP contribution is -2.34. The molecule has 122 valence electrons. The van der Waals surface area contributed by atoms with E-state index in [0.717, 1.165) is 22.4 Å². The van der Waals surface area contributed by atoms with Gasteiger partial charge in [-0.25, -0.2) is 4.79 Å². The number of amides is 2. The van der Waals surface area contributed by atoms with Gasteiger partial charge in [0.2, 0.25) is 0 Å². The Morgan fingerprint density at radius 3 is 2.39 bits per heavy atom. The largest absolute Gasteiger partial charge is 0.496 e. The fourth-order valence-corrected chi connectivity index (χ4v) is 2.18. The lowest BCUT2D eigenvalue weighted by molar-refractivity contribution is 0.199. The average Bonchev–Trinajstić information content (AvgIpc) is 2.58. The molecule has 0 aliphatic heterocycles. The van der Waals surface area contributed by atoms with Crippen molar-refractivity contribution in [2.45, 2.75) is 26.1 Å². The van der Waals surface area contributed by atoms with Crippen LogP contribution in [0.25, 0.3) is 0 Å². The smallest absolute Gasteiger partial charge is 0.315 e. The molecule has 3 N–H and O–H groups in total. The van der Waals surface area contributed by atoms with Crippen molar-refractivity contribution in [3.05, 3.63) is 65.2 Å². The molecule has 5 heteroatoms. The third kappa shape index (κ3) is 5.00. The van der Waals surface area contributed by atoms with Gasteiger partial charge < -0.3 is 20.5 Å². The Morgan fingerprint density at radius 2 is 1.74 bits per heavy atom. The molecule has 0 aliphatic rings. The summed E-state index contributed by atoms with van der Waals surface area (Å²) in [6, 6.07) is 14.8. The first-order valence-corrected chi connectivity index (χ1v) is 7.50. The fraction of sp³-hybridized carbons (Fsp3) is 0.278. The Kier molecular flexibility index (Phi) is 6.00. The highest BCUT2D eigenvalue weighted by Crippen LogP contribution is 2.16. The number of methoxy groups -OCH3 is 1. The predicted molar refractivity (Wildman–Crippen MR) is 89.1 cm³/mol. The minimum atomic E-state index is -0.485. The Morgan fingerprint density at radius 1 is 1.09 bits per heavy atom. The van der Waals surface area contributed by atoms with Crippen LogP contribution < -0.4 is 15.4 Å². The number of rotatable bonds is 6. The van der Waals surface area contributed by atoms with E-state index >= 15 is 0 Å². The number of ether oxygens (including phenoxy) is 1. The first kappa shape index (κ1) is 16.8. The van der Waals surface area contributed by atoms with Gasteiger partial charge in [-0.1, -0.05) is 42.5 Å². The third-order valence-electron chi connectivity index (χ3n) is 3.55. The number of carbonyl (C=O) groups is 1. The van der Waals surface area contributed by atoms with Crippen LogP contribution in [0.2, 0.25) is 0 Å². The van der Waals surface area contributed by atoms with Crippen molar-refractivity contribution in [2.24, 2.45) is 0 Å². The average molecular weight is 314 g/mol. The lowest BCUT2D eigenvalue weighted by Gasteiger charge is -2.11. The normalized spacial score (nSPS) is 11.6. The van der Waals surface area contributed by atoms with Gasteiger partial charge in [0.1, 0.15) is 5.75 Å². The molecule has 0 saturated carbocycles. The van der Waals surface area contributed by atoms with E-state index in [1.165, 1.54) is 0 Å². The standard InChI is InChI=1S/C18H22N2O3/c1-13(21)15-9-7-14(8-10-15)11-19-18(22)20-12-16-5-3-4-6-17(16)23-2/h3-10,13,21H,11-12H2,1-2H3,(H2,19,20,22)/t13-/m1/s1. The SMILES string of the molecule is COc1ccccc1CNC(=O)NCc1ccc([C@@H](C)O)cc1. The maximum atomic E-state index is 11.9. The molecule has 0 radical (unpaired) electrons. The monoisotopic (exact) mass is 314 g/mol. The van der Waals surface area contributed by atoms with Crippen LogP contribution in [-0.4, -0.2) is 18.2 Å². The van der Waals surface area contributed by atoms with Gasteiger partial charge in [0, 0.05) is 18.7 Å². The molecule has 0 aliphatic carbocycles. The van der Waals surface area contributed by atoms with E-state index in [0.29, 0.717) is 13.1 Å². The van der Waals surface area contributed by atoms with Crippen LogP contribution in [0.3, 0.4) is 0 Å². The molecule has 0 saturated heterocycles. The highest BCUT2D eigenvalue weighted by Gasteiger charge is 2.05. The number of benzene rings is 2. The van der Waals surface area contributed by atoms with Crippen LogP contribution in [0, 0.1) is 0 Å². The molecule has 0 fully saturated rings. The molecule has 2 aromatic carbocycles. The minimum Gasteiger partial charge on any atom is -0.496 e. The van der Waals surface area contributed by atoms with Crippen LogP contribution in [0.15, 0.2) is 48.5 Å². The maximum absolute atomic E-state index is 11.9. The molecule has 2 aromatic rings. The number of para-hydroxylation sites is 1. The van der Waals surface area contributed by atoms with E-state index in [-0.39, 0.29) is 6.03 Å². The summed E-state index contributed by atoms with van der Waals surface area (Å²) in [6.45, 7) is 2.55. The van der Waals surface area contributed by atoms with Crippen LogP contribution in [-0.2, 0) is 13.1 Å². The summed E-state index contributed by atoms with van der Waals surface area (Å²) in [7, 11) is 1.61. The predicted octanol–water partition coefficient (Wildman–Crippen LogP) is 2.75. The number of aliphatic hydroxyl groups excluding tert-OH is 1. The van der Waals surface area contributed by atoms with Crippen LogP contribution in [0.4, 0.5) is 4.79 Å². The number of hydrogen-bond acceptors (Lipinski definition) is 3. The molecular weight excluding hydrogens is 292 g/mol. The molecule has 0 heterocycles. The third-order valence-corrected chi connectivity index (χ3v) is 3.55. The Balaban J connectivity index is 1.81. The highest BCUT2D eigenvalue weighted by molar-refractivity contribution is 5.73. The Bertz CT molecular complexity index is 639. The number of aliphatic hydroxyl groups is 1. The first-order chi connectivity index (χ1) is 11.1. The summed E-state index contributed by atoms with van der Waals surface area (Å²) >= 11 is 0. The first-order valence-electron chi connectivity index (χ1n) is 7.50. The van der Waals surface area contributed by atoms with E-state index in [1.54, 1.807) is 14.0 Å². The Hall–Kier alpha value is -2.53. The summed E-state index contributed by atoms with van der Waals surface area (Å²) in [5, 5.41) is 15.1. The van der Waals surface area contributed by atoms with Gasteiger partial charge in [-0.2, -0.15) is 0 Å². The van der Waals surface area contributed by atoms with Crippen LogP contribution >= 0.6 is 0 Å². The zero-order chi connectivity index (χ0) is 16.7. The van der Waals surface area contributed by atoms with E-state index in [9.17, 15) is 9.90 Å². The highest BCUT2D eigenvalue weighted by atomic mass is 16.5. The number of hydrogen-bond donors (Lipinski definition) is 3. The van der Waals surface area contributed by atoms with Gasteiger partial charge in [-0.3, -0.25) is 0 Å². The molecule has 0 unspecified atom stereocenters. The second-order valence-electron chi connectivity index (χ2n) is 5.27. The molecule has 0 aromatic heterocycles. The molecule has 2 amide bonds. The van der Waals surface area contributed by atoms with E-state index in [1.807, 2.05) is 48.5 Å².